The Bertz CT molecular complexity index is 736. The molecular weight excluding hydrogens is 310 g/mol. The molecule has 0 spiro atoms. The third-order valence-electron chi connectivity index (χ3n) is 3.96. The molecule has 1 amide bonds. The molecule has 0 N–H and O–H groups in total. The zero-order valence-corrected chi connectivity index (χ0v) is 14.1. The molecule has 120 valence electrons. The third kappa shape index (κ3) is 3.40. The first-order valence-electron chi connectivity index (χ1n) is 7.45. The molecule has 2 aromatic rings. The highest BCUT2D eigenvalue weighted by Crippen LogP contribution is 2.26. The summed E-state index contributed by atoms with van der Waals surface area (Å²) in [6.07, 6.45) is 4.33. The third-order valence-corrected chi connectivity index (χ3v) is 4.98. The van der Waals surface area contributed by atoms with Gasteiger partial charge in [0, 0.05) is 29.6 Å². The minimum absolute atomic E-state index is 0.0201. The number of carbonyl (C=O) groups is 1. The van der Waals surface area contributed by atoms with Crippen LogP contribution in [0.2, 0.25) is 0 Å². The number of methoxy groups -OCH3 is 2. The maximum Gasteiger partial charge on any atom is 0.246 e. The fourth-order valence-electron chi connectivity index (χ4n) is 2.67. The number of carbonyl (C=O) groups excluding carboxylic acids is 1. The number of fused-ring (bicyclic) bond motifs is 1. The van der Waals surface area contributed by atoms with E-state index in [4.69, 9.17) is 9.47 Å². The molecule has 0 saturated carbocycles. The van der Waals surface area contributed by atoms with E-state index >= 15 is 0 Å². The molecule has 1 aliphatic rings. The molecule has 5 heteroatoms. The Kier molecular flexibility index (Phi) is 4.67. The smallest absolute Gasteiger partial charge is 0.246 e. The van der Waals surface area contributed by atoms with Gasteiger partial charge in [0.15, 0.2) is 0 Å². The summed E-state index contributed by atoms with van der Waals surface area (Å²) in [7, 11) is 3.23. The number of rotatable bonds is 4. The van der Waals surface area contributed by atoms with Crippen molar-refractivity contribution in [1.29, 1.82) is 0 Å². The number of thiophene rings is 1. The van der Waals surface area contributed by atoms with E-state index < -0.39 is 0 Å². The van der Waals surface area contributed by atoms with Crippen LogP contribution in [0.3, 0.4) is 0 Å². The van der Waals surface area contributed by atoms with Gasteiger partial charge in [-0.05, 0) is 47.7 Å². The lowest BCUT2D eigenvalue weighted by Crippen LogP contribution is -2.34. The molecule has 1 aromatic heterocycles. The van der Waals surface area contributed by atoms with Crippen LogP contribution in [0.15, 0.2) is 35.7 Å². The number of ether oxygens (including phenoxy) is 2. The Labute approximate surface area is 140 Å². The van der Waals surface area contributed by atoms with Crippen LogP contribution in [0, 0.1) is 0 Å². The first-order chi connectivity index (χ1) is 11.2. The van der Waals surface area contributed by atoms with E-state index in [-0.39, 0.29) is 5.91 Å². The highest BCUT2D eigenvalue weighted by Gasteiger charge is 2.19. The molecule has 0 radical (unpaired) electrons. The van der Waals surface area contributed by atoms with Crippen molar-refractivity contribution in [3.63, 3.8) is 0 Å². The Hall–Kier alpha value is -2.27. The number of hydrogen-bond donors (Lipinski definition) is 0. The van der Waals surface area contributed by atoms with E-state index in [9.17, 15) is 4.79 Å². The molecule has 3 rings (SSSR count). The molecule has 0 fully saturated rings. The van der Waals surface area contributed by atoms with Gasteiger partial charge in [0.25, 0.3) is 0 Å². The quantitative estimate of drug-likeness (QED) is 0.807. The fourth-order valence-corrected chi connectivity index (χ4v) is 3.56. The van der Waals surface area contributed by atoms with Gasteiger partial charge in [0.2, 0.25) is 5.91 Å². The highest BCUT2D eigenvalue weighted by atomic mass is 32.1. The van der Waals surface area contributed by atoms with E-state index in [1.165, 1.54) is 10.4 Å². The van der Waals surface area contributed by atoms with Crippen molar-refractivity contribution in [2.45, 2.75) is 13.0 Å². The van der Waals surface area contributed by atoms with Gasteiger partial charge in [-0.3, -0.25) is 4.79 Å². The van der Waals surface area contributed by atoms with Gasteiger partial charge in [0.1, 0.15) is 11.5 Å². The summed E-state index contributed by atoms with van der Waals surface area (Å²) in [5, 5.41) is 2.09. The monoisotopic (exact) mass is 329 g/mol. The second-order valence-electron chi connectivity index (χ2n) is 5.32. The Morgan fingerprint density at radius 1 is 1.26 bits per heavy atom. The Balaban J connectivity index is 1.74. The van der Waals surface area contributed by atoms with Crippen LogP contribution in [0.5, 0.6) is 11.5 Å². The summed E-state index contributed by atoms with van der Waals surface area (Å²) < 4.78 is 10.6. The van der Waals surface area contributed by atoms with E-state index in [2.05, 4.69) is 11.4 Å². The number of nitrogens with zero attached hydrogens (tertiary/aromatic N) is 1. The summed E-state index contributed by atoms with van der Waals surface area (Å²) in [6.45, 7) is 1.46. The Morgan fingerprint density at radius 2 is 2.13 bits per heavy atom. The zero-order chi connectivity index (χ0) is 16.2. The number of amides is 1. The van der Waals surface area contributed by atoms with Crippen molar-refractivity contribution >= 4 is 23.3 Å². The molecule has 23 heavy (non-hydrogen) atoms. The largest absolute Gasteiger partial charge is 0.497 e. The molecule has 0 unspecified atom stereocenters. The molecular formula is C18H19NO3S. The lowest BCUT2D eigenvalue weighted by atomic mass is 10.1. The van der Waals surface area contributed by atoms with Crippen LogP contribution in [-0.4, -0.2) is 31.6 Å². The second-order valence-corrected chi connectivity index (χ2v) is 6.32. The minimum atomic E-state index is 0.0201. The lowest BCUT2D eigenvalue weighted by Gasteiger charge is -2.25. The maximum atomic E-state index is 12.4. The predicted octanol–water partition coefficient (Wildman–Crippen LogP) is 3.36. The van der Waals surface area contributed by atoms with Gasteiger partial charge < -0.3 is 14.4 Å². The summed E-state index contributed by atoms with van der Waals surface area (Å²) in [5.41, 5.74) is 2.09. The molecule has 0 aliphatic carbocycles. The SMILES string of the molecule is COc1ccc(OC)c(C=CC(=O)N2CCc3sccc3C2)c1. The van der Waals surface area contributed by atoms with Crippen LogP contribution in [-0.2, 0) is 17.8 Å². The molecule has 0 bridgehead atoms. The molecule has 4 nitrogen and oxygen atoms in total. The van der Waals surface area contributed by atoms with Crippen molar-refractivity contribution in [2.24, 2.45) is 0 Å². The molecule has 0 saturated heterocycles. The predicted molar refractivity (Wildman–Crippen MR) is 92.0 cm³/mol. The van der Waals surface area contributed by atoms with Crippen molar-refractivity contribution in [3.8, 4) is 11.5 Å². The normalized spacial score (nSPS) is 13.9. The van der Waals surface area contributed by atoms with E-state index in [0.29, 0.717) is 12.3 Å². The second kappa shape index (κ2) is 6.87. The topological polar surface area (TPSA) is 38.8 Å². The fraction of sp³-hybridized carbons (Fsp3) is 0.278. The molecule has 0 atom stereocenters. The lowest BCUT2D eigenvalue weighted by molar-refractivity contribution is -0.126. The average molecular weight is 329 g/mol. The van der Waals surface area contributed by atoms with Crippen molar-refractivity contribution in [3.05, 3.63) is 51.7 Å². The summed E-state index contributed by atoms with van der Waals surface area (Å²) in [5.74, 6) is 1.47. The highest BCUT2D eigenvalue weighted by molar-refractivity contribution is 7.10. The number of hydrogen-bond acceptors (Lipinski definition) is 4. The van der Waals surface area contributed by atoms with Crippen molar-refractivity contribution in [2.75, 3.05) is 20.8 Å². The Morgan fingerprint density at radius 3 is 2.91 bits per heavy atom. The van der Waals surface area contributed by atoms with E-state index in [1.807, 2.05) is 23.1 Å². The molecule has 1 aliphatic heterocycles. The van der Waals surface area contributed by atoms with Gasteiger partial charge >= 0.3 is 0 Å². The average Bonchev–Trinajstić information content (AvgIpc) is 3.06. The van der Waals surface area contributed by atoms with Gasteiger partial charge in [-0.1, -0.05) is 0 Å². The summed E-state index contributed by atoms with van der Waals surface area (Å²) in [4.78, 5) is 15.7. The van der Waals surface area contributed by atoms with E-state index in [1.54, 1.807) is 37.7 Å². The van der Waals surface area contributed by atoms with Crippen molar-refractivity contribution in [1.82, 2.24) is 4.90 Å². The summed E-state index contributed by atoms with van der Waals surface area (Å²) >= 11 is 1.77. The van der Waals surface area contributed by atoms with Crippen molar-refractivity contribution < 1.29 is 14.3 Å². The zero-order valence-electron chi connectivity index (χ0n) is 13.2. The van der Waals surface area contributed by atoms with Gasteiger partial charge in [-0.2, -0.15) is 0 Å². The molecule has 1 aromatic carbocycles. The van der Waals surface area contributed by atoms with Crippen LogP contribution in [0.1, 0.15) is 16.0 Å². The number of benzene rings is 1. The maximum absolute atomic E-state index is 12.4. The van der Waals surface area contributed by atoms with Crippen LogP contribution in [0.4, 0.5) is 0 Å². The molecule has 2 heterocycles. The van der Waals surface area contributed by atoms with Gasteiger partial charge in [0.05, 0.1) is 14.2 Å². The van der Waals surface area contributed by atoms with Crippen LogP contribution < -0.4 is 9.47 Å². The minimum Gasteiger partial charge on any atom is -0.497 e. The standard InChI is InChI=1S/C18H19NO3S/c1-21-15-4-5-16(22-2)13(11-15)3-6-18(20)19-9-7-17-14(12-19)8-10-23-17/h3-6,8,10-11H,7,9,12H2,1-2H3. The first-order valence-corrected chi connectivity index (χ1v) is 8.33. The van der Waals surface area contributed by atoms with Crippen LogP contribution >= 0.6 is 11.3 Å². The van der Waals surface area contributed by atoms with Gasteiger partial charge in [-0.25, -0.2) is 0 Å². The van der Waals surface area contributed by atoms with Crippen LogP contribution in [0.25, 0.3) is 6.08 Å². The first kappa shape index (κ1) is 15.6. The van der Waals surface area contributed by atoms with Gasteiger partial charge in [-0.15, -0.1) is 11.3 Å². The van der Waals surface area contributed by atoms with E-state index in [0.717, 1.165) is 24.3 Å². The summed E-state index contributed by atoms with van der Waals surface area (Å²) in [6, 6.07) is 7.63.